The van der Waals surface area contributed by atoms with E-state index in [-0.39, 0.29) is 0 Å². The summed E-state index contributed by atoms with van der Waals surface area (Å²) in [4.78, 5) is 8.60. The number of aryl methyl sites for hydroxylation is 1. The number of aromatic nitrogens is 3. The average Bonchev–Trinajstić information content (AvgIpc) is 2.87. The first-order valence-electron chi connectivity index (χ1n) is 6.26. The van der Waals surface area contributed by atoms with Crippen LogP contribution in [0.2, 0.25) is 0 Å². The number of anilines is 1. The SMILES string of the molecule is Cc1cc(CN(C)Cc2cnc(N(C)C)n2C)no1. The van der Waals surface area contributed by atoms with Gasteiger partial charge in [-0.05, 0) is 14.0 Å². The largest absolute Gasteiger partial charge is 0.361 e. The van der Waals surface area contributed by atoms with Crippen molar-refractivity contribution in [3.05, 3.63) is 29.4 Å². The fourth-order valence-corrected chi connectivity index (χ4v) is 2.10. The van der Waals surface area contributed by atoms with E-state index in [2.05, 4.69) is 26.7 Å². The summed E-state index contributed by atoms with van der Waals surface area (Å²) >= 11 is 0. The molecule has 19 heavy (non-hydrogen) atoms. The molecule has 0 aliphatic rings. The van der Waals surface area contributed by atoms with Crippen LogP contribution in [0, 0.1) is 6.92 Å². The van der Waals surface area contributed by atoms with Crippen LogP contribution in [0.5, 0.6) is 0 Å². The van der Waals surface area contributed by atoms with Crippen LogP contribution in [0.1, 0.15) is 17.1 Å². The Hall–Kier alpha value is -1.82. The van der Waals surface area contributed by atoms with Gasteiger partial charge >= 0.3 is 0 Å². The van der Waals surface area contributed by atoms with Gasteiger partial charge in [0.25, 0.3) is 0 Å². The third-order valence-corrected chi connectivity index (χ3v) is 3.00. The zero-order valence-electron chi connectivity index (χ0n) is 12.2. The van der Waals surface area contributed by atoms with Crippen molar-refractivity contribution >= 4 is 5.95 Å². The molecule has 0 bridgehead atoms. The lowest BCUT2D eigenvalue weighted by atomic mass is 10.3. The molecule has 6 nitrogen and oxygen atoms in total. The molecule has 2 aromatic rings. The zero-order chi connectivity index (χ0) is 14.0. The lowest BCUT2D eigenvalue weighted by Gasteiger charge is -2.17. The predicted molar refractivity (Wildman–Crippen MR) is 73.9 cm³/mol. The minimum absolute atomic E-state index is 0.764. The fourth-order valence-electron chi connectivity index (χ4n) is 2.10. The van der Waals surface area contributed by atoms with Gasteiger partial charge in [-0.15, -0.1) is 0 Å². The van der Waals surface area contributed by atoms with Crippen LogP contribution in [0.25, 0.3) is 0 Å². The van der Waals surface area contributed by atoms with Gasteiger partial charge in [0.05, 0.1) is 17.6 Å². The molecule has 0 aromatic carbocycles. The Morgan fingerprint density at radius 1 is 1.26 bits per heavy atom. The summed E-state index contributed by atoms with van der Waals surface area (Å²) in [5, 5.41) is 4.01. The molecule has 0 unspecified atom stereocenters. The Morgan fingerprint density at radius 2 is 2.00 bits per heavy atom. The molecule has 0 saturated carbocycles. The molecular weight excluding hydrogens is 242 g/mol. The smallest absolute Gasteiger partial charge is 0.204 e. The molecule has 2 rings (SSSR count). The maximum Gasteiger partial charge on any atom is 0.204 e. The van der Waals surface area contributed by atoms with Crippen molar-refractivity contribution in [2.75, 3.05) is 26.0 Å². The normalized spacial score (nSPS) is 11.3. The molecule has 0 spiro atoms. The summed E-state index contributed by atoms with van der Waals surface area (Å²) in [5.74, 6) is 1.81. The van der Waals surface area contributed by atoms with Gasteiger partial charge in [0, 0.05) is 40.3 Å². The highest BCUT2D eigenvalue weighted by atomic mass is 16.5. The highest BCUT2D eigenvalue weighted by Gasteiger charge is 2.11. The van der Waals surface area contributed by atoms with Gasteiger partial charge in [0.1, 0.15) is 5.76 Å². The Bertz CT molecular complexity index is 543. The molecule has 0 atom stereocenters. The summed E-state index contributed by atoms with van der Waals surface area (Å²) in [7, 11) is 8.08. The Balaban J connectivity index is 2.01. The first-order valence-corrected chi connectivity index (χ1v) is 6.26. The topological polar surface area (TPSA) is 50.3 Å². The van der Waals surface area contributed by atoms with E-state index in [1.807, 2.05) is 45.2 Å². The quantitative estimate of drug-likeness (QED) is 0.816. The molecule has 6 heteroatoms. The van der Waals surface area contributed by atoms with E-state index in [4.69, 9.17) is 4.52 Å². The molecule has 0 N–H and O–H groups in total. The molecule has 0 radical (unpaired) electrons. The maximum absolute atomic E-state index is 5.07. The van der Waals surface area contributed by atoms with Gasteiger partial charge in [0.15, 0.2) is 0 Å². The number of rotatable bonds is 5. The summed E-state index contributed by atoms with van der Waals surface area (Å²) in [6, 6.07) is 1.96. The molecular formula is C13H21N5O. The van der Waals surface area contributed by atoms with E-state index in [1.54, 1.807) is 0 Å². The van der Waals surface area contributed by atoms with E-state index in [1.165, 1.54) is 5.69 Å². The maximum atomic E-state index is 5.07. The lowest BCUT2D eigenvalue weighted by Crippen LogP contribution is -2.20. The Labute approximate surface area is 113 Å². The second-order valence-corrected chi connectivity index (χ2v) is 5.10. The van der Waals surface area contributed by atoms with Gasteiger partial charge < -0.3 is 14.0 Å². The van der Waals surface area contributed by atoms with Crippen LogP contribution in [0.15, 0.2) is 16.8 Å². The molecule has 0 fully saturated rings. The zero-order valence-corrected chi connectivity index (χ0v) is 12.2. The fraction of sp³-hybridized carbons (Fsp3) is 0.538. The van der Waals surface area contributed by atoms with Crippen molar-refractivity contribution < 1.29 is 4.52 Å². The second-order valence-electron chi connectivity index (χ2n) is 5.10. The van der Waals surface area contributed by atoms with E-state index >= 15 is 0 Å². The number of imidazole rings is 1. The van der Waals surface area contributed by atoms with Crippen molar-refractivity contribution in [2.24, 2.45) is 7.05 Å². The van der Waals surface area contributed by atoms with Gasteiger partial charge in [-0.3, -0.25) is 4.90 Å². The molecule has 0 aliphatic heterocycles. The molecule has 0 saturated heterocycles. The highest BCUT2D eigenvalue weighted by molar-refractivity contribution is 5.30. The van der Waals surface area contributed by atoms with E-state index in [0.717, 1.165) is 30.5 Å². The van der Waals surface area contributed by atoms with Crippen LogP contribution in [0.3, 0.4) is 0 Å². The third kappa shape index (κ3) is 3.14. The van der Waals surface area contributed by atoms with E-state index in [9.17, 15) is 0 Å². The highest BCUT2D eigenvalue weighted by Crippen LogP contribution is 2.13. The van der Waals surface area contributed by atoms with Crippen molar-refractivity contribution in [1.29, 1.82) is 0 Å². The lowest BCUT2D eigenvalue weighted by molar-refractivity contribution is 0.296. The molecule has 2 heterocycles. The van der Waals surface area contributed by atoms with Gasteiger partial charge in [-0.1, -0.05) is 5.16 Å². The van der Waals surface area contributed by atoms with Crippen molar-refractivity contribution in [3.8, 4) is 0 Å². The van der Waals surface area contributed by atoms with Crippen LogP contribution in [0.4, 0.5) is 5.95 Å². The summed E-state index contributed by atoms with van der Waals surface area (Å²) in [6.07, 6.45) is 1.92. The van der Waals surface area contributed by atoms with Gasteiger partial charge in [0.2, 0.25) is 5.95 Å². The third-order valence-electron chi connectivity index (χ3n) is 3.00. The number of hydrogen-bond donors (Lipinski definition) is 0. The van der Waals surface area contributed by atoms with E-state index < -0.39 is 0 Å². The first kappa shape index (κ1) is 13.6. The molecule has 104 valence electrons. The second kappa shape index (κ2) is 5.44. The van der Waals surface area contributed by atoms with Crippen LogP contribution < -0.4 is 4.90 Å². The standard InChI is InChI=1S/C13H21N5O/c1-10-6-11(15-19-10)8-17(4)9-12-7-14-13(16(2)3)18(12)5/h6-7H,8-9H2,1-5H3. The van der Waals surface area contributed by atoms with E-state index in [0.29, 0.717) is 0 Å². The van der Waals surface area contributed by atoms with Crippen molar-refractivity contribution in [1.82, 2.24) is 19.6 Å². The minimum atomic E-state index is 0.764. The molecule has 2 aromatic heterocycles. The number of hydrogen-bond acceptors (Lipinski definition) is 5. The minimum Gasteiger partial charge on any atom is -0.361 e. The molecule has 0 aliphatic carbocycles. The summed E-state index contributed by atoms with van der Waals surface area (Å²) in [6.45, 7) is 3.49. The van der Waals surface area contributed by atoms with Crippen molar-refractivity contribution in [2.45, 2.75) is 20.0 Å². The first-order chi connectivity index (χ1) is 8.97. The van der Waals surface area contributed by atoms with Crippen LogP contribution in [-0.2, 0) is 20.1 Å². The Morgan fingerprint density at radius 3 is 2.53 bits per heavy atom. The predicted octanol–water partition coefficient (Wildman–Crippen LogP) is 1.41. The summed E-state index contributed by atoms with van der Waals surface area (Å²) < 4.78 is 7.18. The monoisotopic (exact) mass is 263 g/mol. The Kier molecular flexibility index (Phi) is 3.90. The molecule has 0 amide bonds. The van der Waals surface area contributed by atoms with Crippen LogP contribution in [-0.4, -0.2) is 40.8 Å². The summed E-state index contributed by atoms with van der Waals surface area (Å²) in [5.41, 5.74) is 2.13. The van der Waals surface area contributed by atoms with Gasteiger partial charge in [-0.2, -0.15) is 0 Å². The van der Waals surface area contributed by atoms with Gasteiger partial charge in [-0.25, -0.2) is 4.98 Å². The van der Waals surface area contributed by atoms with Crippen molar-refractivity contribution in [3.63, 3.8) is 0 Å². The number of nitrogens with zero attached hydrogens (tertiary/aromatic N) is 5. The van der Waals surface area contributed by atoms with Crippen LogP contribution >= 0.6 is 0 Å². The average molecular weight is 263 g/mol.